The molecule has 21 heavy (non-hydrogen) atoms. The van der Waals surface area contributed by atoms with E-state index in [1.165, 1.54) is 23.1 Å². The summed E-state index contributed by atoms with van der Waals surface area (Å²) >= 11 is 6.14. The summed E-state index contributed by atoms with van der Waals surface area (Å²) < 4.78 is 13.2. The Morgan fingerprint density at radius 3 is 2.86 bits per heavy atom. The number of fused-ring (bicyclic) bond motifs is 1. The summed E-state index contributed by atoms with van der Waals surface area (Å²) in [4.78, 5) is 27.7. The number of carboxylic acid groups (broad SMARTS) is 1. The zero-order valence-electron chi connectivity index (χ0n) is 10.9. The molecule has 2 aromatic rings. The summed E-state index contributed by atoms with van der Waals surface area (Å²) in [5.74, 6) is -2.25. The molecule has 1 aromatic carbocycles. The quantitative estimate of drug-likeness (QED) is 0.895. The first-order valence-corrected chi connectivity index (χ1v) is 6.84. The van der Waals surface area contributed by atoms with Gasteiger partial charge in [0.1, 0.15) is 11.5 Å². The predicted octanol–water partition coefficient (Wildman–Crippen LogP) is 2.51. The maximum absolute atomic E-state index is 13.2. The molecule has 5 nitrogen and oxygen atoms in total. The maximum Gasteiger partial charge on any atom is 0.308 e. The van der Waals surface area contributed by atoms with E-state index < -0.39 is 17.7 Å². The number of nitrogens with zero attached hydrogens (tertiary/aromatic N) is 1. The lowest BCUT2D eigenvalue weighted by Gasteiger charge is -2.14. The Balaban J connectivity index is 1.92. The van der Waals surface area contributed by atoms with Crippen molar-refractivity contribution in [3.63, 3.8) is 0 Å². The van der Waals surface area contributed by atoms with Crippen LogP contribution in [0.2, 0.25) is 5.02 Å². The highest BCUT2D eigenvalue weighted by Crippen LogP contribution is 2.30. The van der Waals surface area contributed by atoms with Crippen LogP contribution in [0.5, 0.6) is 0 Å². The average Bonchev–Trinajstić information content (AvgIpc) is 3.04. The van der Waals surface area contributed by atoms with E-state index >= 15 is 0 Å². The second kappa shape index (κ2) is 5.04. The van der Waals surface area contributed by atoms with E-state index in [1.54, 1.807) is 0 Å². The first kappa shape index (κ1) is 13.9. The van der Waals surface area contributed by atoms with Crippen molar-refractivity contribution >= 4 is 34.4 Å². The van der Waals surface area contributed by atoms with Crippen molar-refractivity contribution in [1.29, 1.82) is 0 Å². The van der Waals surface area contributed by atoms with Crippen molar-refractivity contribution in [3.05, 3.63) is 34.7 Å². The minimum atomic E-state index is -0.907. The van der Waals surface area contributed by atoms with Gasteiger partial charge < -0.3 is 15.0 Å². The number of H-pyrrole nitrogens is 1. The van der Waals surface area contributed by atoms with Crippen molar-refractivity contribution in [2.75, 3.05) is 13.1 Å². The Kier molecular flexibility index (Phi) is 3.33. The molecule has 1 amide bonds. The molecule has 1 aliphatic rings. The summed E-state index contributed by atoms with van der Waals surface area (Å²) in [6.07, 6.45) is 0.424. The molecule has 0 radical (unpaired) electrons. The summed E-state index contributed by atoms with van der Waals surface area (Å²) in [7, 11) is 0. The number of rotatable bonds is 2. The fourth-order valence-electron chi connectivity index (χ4n) is 2.58. The largest absolute Gasteiger partial charge is 0.481 e. The number of carbonyl (C=O) groups excluding carboxylic acids is 1. The first-order chi connectivity index (χ1) is 9.97. The number of hydrogen-bond donors (Lipinski definition) is 2. The van der Waals surface area contributed by atoms with Crippen molar-refractivity contribution in [3.8, 4) is 0 Å². The minimum absolute atomic E-state index is 0.160. The molecular weight excluding hydrogens is 299 g/mol. The average molecular weight is 311 g/mol. The van der Waals surface area contributed by atoms with Gasteiger partial charge in [0.05, 0.1) is 10.9 Å². The topological polar surface area (TPSA) is 73.4 Å². The van der Waals surface area contributed by atoms with Gasteiger partial charge in [-0.05, 0) is 24.6 Å². The molecule has 0 aliphatic carbocycles. The van der Waals surface area contributed by atoms with Gasteiger partial charge in [-0.1, -0.05) is 11.6 Å². The number of nitrogens with one attached hydrogen (secondary N) is 1. The highest BCUT2D eigenvalue weighted by molar-refractivity contribution is 6.38. The number of carboxylic acids is 1. The Labute approximate surface area is 124 Å². The van der Waals surface area contributed by atoms with Crippen LogP contribution < -0.4 is 0 Å². The zero-order chi connectivity index (χ0) is 15.1. The van der Waals surface area contributed by atoms with Crippen LogP contribution in [0.25, 0.3) is 10.9 Å². The van der Waals surface area contributed by atoms with Crippen LogP contribution in [0.1, 0.15) is 16.9 Å². The number of likely N-dealkylation sites (tertiary alicyclic amines) is 1. The van der Waals surface area contributed by atoms with E-state index in [2.05, 4.69) is 4.98 Å². The standard InChI is InChI=1S/C14H12ClFN2O3/c15-11-9-5-8(16)1-2-10(9)17-12(11)13(19)18-4-3-7(6-18)14(20)21/h1-2,5,7,17H,3-4,6H2,(H,20,21). The minimum Gasteiger partial charge on any atom is -0.481 e. The molecule has 110 valence electrons. The van der Waals surface area contributed by atoms with Crippen molar-refractivity contribution in [2.24, 2.45) is 5.92 Å². The zero-order valence-corrected chi connectivity index (χ0v) is 11.7. The third kappa shape index (κ3) is 2.35. The molecule has 1 fully saturated rings. The van der Waals surface area contributed by atoms with Gasteiger partial charge in [0.15, 0.2) is 0 Å². The van der Waals surface area contributed by atoms with Crippen LogP contribution in [0.3, 0.4) is 0 Å². The SMILES string of the molecule is O=C(O)C1CCN(C(=O)c2[nH]c3ccc(F)cc3c2Cl)C1. The van der Waals surface area contributed by atoms with Gasteiger partial charge in [0.25, 0.3) is 5.91 Å². The Bertz CT molecular complexity index is 743. The van der Waals surface area contributed by atoms with Gasteiger partial charge in [-0.2, -0.15) is 0 Å². The van der Waals surface area contributed by atoms with Gasteiger partial charge in [0.2, 0.25) is 0 Å². The summed E-state index contributed by atoms with van der Waals surface area (Å²) in [6.45, 7) is 0.532. The third-order valence-electron chi connectivity index (χ3n) is 3.74. The fraction of sp³-hybridized carbons (Fsp3) is 0.286. The van der Waals surface area contributed by atoms with Gasteiger partial charge >= 0.3 is 5.97 Å². The Morgan fingerprint density at radius 1 is 1.43 bits per heavy atom. The highest BCUT2D eigenvalue weighted by atomic mass is 35.5. The van der Waals surface area contributed by atoms with Gasteiger partial charge in [0, 0.05) is 24.0 Å². The fourth-order valence-corrected chi connectivity index (χ4v) is 2.87. The van der Waals surface area contributed by atoms with Crippen LogP contribution in [0, 0.1) is 11.7 Å². The summed E-state index contributed by atoms with van der Waals surface area (Å²) in [5, 5.41) is 9.57. The lowest BCUT2D eigenvalue weighted by Crippen LogP contribution is -2.30. The van der Waals surface area contributed by atoms with E-state index in [9.17, 15) is 14.0 Å². The number of hydrogen-bond acceptors (Lipinski definition) is 2. The van der Waals surface area contributed by atoms with Gasteiger partial charge in [-0.25, -0.2) is 4.39 Å². The molecule has 0 bridgehead atoms. The third-order valence-corrected chi connectivity index (χ3v) is 4.13. The maximum atomic E-state index is 13.2. The van der Waals surface area contributed by atoms with E-state index in [0.717, 1.165) is 0 Å². The van der Waals surface area contributed by atoms with Gasteiger partial charge in [-0.3, -0.25) is 9.59 Å². The van der Waals surface area contributed by atoms with Crippen LogP contribution in [-0.2, 0) is 4.79 Å². The Hall–Kier alpha value is -2.08. The molecule has 0 saturated carbocycles. The van der Waals surface area contributed by atoms with Crippen LogP contribution >= 0.6 is 11.6 Å². The van der Waals surface area contributed by atoms with Crippen molar-refractivity contribution in [1.82, 2.24) is 9.88 Å². The lowest BCUT2D eigenvalue weighted by molar-refractivity contribution is -0.141. The van der Waals surface area contributed by atoms with Crippen LogP contribution in [-0.4, -0.2) is 40.0 Å². The monoisotopic (exact) mass is 310 g/mol. The second-order valence-corrected chi connectivity index (χ2v) is 5.46. The second-order valence-electron chi connectivity index (χ2n) is 5.08. The molecule has 1 unspecified atom stereocenters. The van der Waals surface area contributed by atoms with Crippen LogP contribution in [0.4, 0.5) is 4.39 Å². The predicted molar refractivity (Wildman–Crippen MR) is 74.9 cm³/mol. The molecule has 1 aromatic heterocycles. The summed E-state index contributed by atoms with van der Waals surface area (Å²) in [6, 6.07) is 4.05. The molecule has 7 heteroatoms. The number of halogens is 2. The lowest BCUT2D eigenvalue weighted by atomic mass is 10.1. The molecule has 1 saturated heterocycles. The molecule has 1 atom stereocenters. The normalized spacial score (nSPS) is 18.4. The highest BCUT2D eigenvalue weighted by Gasteiger charge is 2.32. The van der Waals surface area contributed by atoms with E-state index in [-0.39, 0.29) is 23.2 Å². The van der Waals surface area contributed by atoms with E-state index in [0.29, 0.717) is 23.9 Å². The van der Waals surface area contributed by atoms with Crippen LogP contribution in [0.15, 0.2) is 18.2 Å². The first-order valence-electron chi connectivity index (χ1n) is 6.46. The molecule has 3 rings (SSSR count). The number of carbonyl (C=O) groups is 2. The van der Waals surface area contributed by atoms with Crippen molar-refractivity contribution < 1.29 is 19.1 Å². The van der Waals surface area contributed by atoms with Crippen molar-refractivity contribution in [2.45, 2.75) is 6.42 Å². The number of amides is 1. The van der Waals surface area contributed by atoms with E-state index in [1.807, 2.05) is 0 Å². The summed E-state index contributed by atoms with van der Waals surface area (Å²) in [5.41, 5.74) is 0.738. The smallest absolute Gasteiger partial charge is 0.308 e. The number of benzene rings is 1. The molecule has 2 heterocycles. The molecule has 1 aliphatic heterocycles. The van der Waals surface area contributed by atoms with E-state index in [4.69, 9.17) is 16.7 Å². The Morgan fingerprint density at radius 2 is 2.19 bits per heavy atom. The molecular formula is C14H12ClFN2O3. The molecule has 2 N–H and O–H groups in total. The van der Waals surface area contributed by atoms with Gasteiger partial charge in [-0.15, -0.1) is 0 Å². The number of aromatic amines is 1. The number of aliphatic carboxylic acids is 1. The number of aromatic nitrogens is 1. The molecule has 0 spiro atoms.